The summed E-state index contributed by atoms with van der Waals surface area (Å²) in [7, 11) is 0. The minimum absolute atomic E-state index is 0. The lowest BCUT2D eigenvalue weighted by molar-refractivity contribution is -0.116. The summed E-state index contributed by atoms with van der Waals surface area (Å²) in [5, 5.41) is 2.82. The Morgan fingerprint density at radius 3 is 2.37 bits per heavy atom. The Hall–Kier alpha value is -2.33. The molecular formula is C22H29ClN2O2. The van der Waals surface area contributed by atoms with Gasteiger partial charge in [0.05, 0.1) is 0 Å². The molecule has 0 aromatic heterocycles. The molecule has 0 atom stereocenters. The van der Waals surface area contributed by atoms with Gasteiger partial charge in [-0.2, -0.15) is 0 Å². The molecule has 0 radical (unpaired) electrons. The summed E-state index contributed by atoms with van der Waals surface area (Å²) in [5.41, 5.74) is 9.90. The largest absolute Gasteiger partial charge is 0.399 e. The Labute approximate surface area is 168 Å². The number of halogens is 1. The van der Waals surface area contributed by atoms with Crippen LogP contribution in [0, 0.1) is 6.92 Å². The Morgan fingerprint density at radius 2 is 1.70 bits per heavy atom. The average Bonchev–Trinajstić information content (AvgIpc) is 2.63. The molecule has 0 bridgehead atoms. The van der Waals surface area contributed by atoms with Crippen LogP contribution in [-0.2, 0) is 11.2 Å². The molecule has 5 heteroatoms. The number of carbonyl (C=O) groups excluding carboxylic acids is 2. The lowest BCUT2D eigenvalue weighted by atomic mass is 10.0. The lowest BCUT2D eigenvalue weighted by Crippen LogP contribution is -2.14. The van der Waals surface area contributed by atoms with E-state index in [0.29, 0.717) is 16.9 Å². The van der Waals surface area contributed by atoms with E-state index in [1.807, 2.05) is 37.3 Å². The predicted molar refractivity (Wildman–Crippen MR) is 115 cm³/mol. The number of benzene rings is 2. The summed E-state index contributed by atoms with van der Waals surface area (Å²) in [6.07, 6.45) is 5.00. The Morgan fingerprint density at radius 1 is 1.00 bits per heavy atom. The van der Waals surface area contributed by atoms with Gasteiger partial charge in [0.25, 0.3) is 0 Å². The zero-order chi connectivity index (χ0) is 18.9. The van der Waals surface area contributed by atoms with Crippen molar-refractivity contribution in [3.8, 4) is 0 Å². The second-order valence-electron chi connectivity index (χ2n) is 6.70. The van der Waals surface area contributed by atoms with E-state index >= 15 is 0 Å². The summed E-state index contributed by atoms with van der Waals surface area (Å²) in [6.45, 7) is 4.09. The van der Waals surface area contributed by atoms with Crippen LogP contribution in [0.5, 0.6) is 0 Å². The van der Waals surface area contributed by atoms with Gasteiger partial charge in [0.2, 0.25) is 5.91 Å². The normalized spacial score (nSPS) is 10.1. The fourth-order valence-electron chi connectivity index (χ4n) is 2.79. The predicted octanol–water partition coefficient (Wildman–Crippen LogP) is 5.33. The van der Waals surface area contributed by atoms with E-state index in [9.17, 15) is 9.59 Å². The SMILES string of the molecule is CCCCCc1ccc(C(=O)CCC(=O)Nc2cc(N)ccc2C)cc1.Cl. The van der Waals surface area contributed by atoms with Gasteiger partial charge in [0.15, 0.2) is 5.78 Å². The second-order valence-corrected chi connectivity index (χ2v) is 6.70. The highest BCUT2D eigenvalue weighted by atomic mass is 35.5. The van der Waals surface area contributed by atoms with E-state index in [2.05, 4.69) is 12.2 Å². The molecule has 0 fully saturated rings. The number of carbonyl (C=O) groups is 2. The molecule has 4 nitrogen and oxygen atoms in total. The summed E-state index contributed by atoms with van der Waals surface area (Å²) in [6, 6.07) is 13.1. The molecule has 0 aliphatic rings. The van der Waals surface area contributed by atoms with Crippen molar-refractivity contribution in [3.05, 3.63) is 59.2 Å². The highest BCUT2D eigenvalue weighted by molar-refractivity contribution is 6.00. The Bertz CT molecular complexity index is 757. The lowest BCUT2D eigenvalue weighted by Gasteiger charge is -2.09. The van der Waals surface area contributed by atoms with Crippen LogP contribution >= 0.6 is 12.4 Å². The third-order valence-electron chi connectivity index (χ3n) is 4.46. The third kappa shape index (κ3) is 7.43. The number of hydrogen-bond donors (Lipinski definition) is 2. The van der Waals surface area contributed by atoms with Gasteiger partial charge in [-0.1, -0.05) is 50.1 Å². The molecule has 0 spiro atoms. The summed E-state index contributed by atoms with van der Waals surface area (Å²) in [5.74, 6) is -0.187. The maximum atomic E-state index is 12.3. The number of hydrogen-bond acceptors (Lipinski definition) is 3. The van der Waals surface area contributed by atoms with Crippen molar-refractivity contribution in [2.45, 2.75) is 52.4 Å². The van der Waals surface area contributed by atoms with Crippen LogP contribution < -0.4 is 11.1 Å². The van der Waals surface area contributed by atoms with Crippen molar-refractivity contribution in [3.63, 3.8) is 0 Å². The first-order valence-corrected chi connectivity index (χ1v) is 9.27. The first-order chi connectivity index (χ1) is 12.5. The number of rotatable bonds is 9. The van der Waals surface area contributed by atoms with Crippen LogP contribution in [0.15, 0.2) is 42.5 Å². The molecule has 1 amide bonds. The second kappa shape index (κ2) is 11.4. The molecule has 27 heavy (non-hydrogen) atoms. The van der Waals surface area contributed by atoms with E-state index in [0.717, 1.165) is 12.0 Å². The first-order valence-electron chi connectivity index (χ1n) is 9.27. The van der Waals surface area contributed by atoms with Gasteiger partial charge in [-0.3, -0.25) is 9.59 Å². The average molecular weight is 389 g/mol. The fraction of sp³-hybridized carbons (Fsp3) is 0.364. The molecule has 146 valence electrons. The number of anilines is 2. The van der Waals surface area contributed by atoms with Crippen LogP contribution in [0.1, 0.15) is 60.5 Å². The van der Waals surface area contributed by atoms with Crippen molar-refractivity contribution < 1.29 is 9.59 Å². The van der Waals surface area contributed by atoms with Gasteiger partial charge in [0.1, 0.15) is 0 Å². The standard InChI is InChI=1S/C22H28N2O2.ClH/c1-3-4-5-6-17-8-10-18(11-9-17)21(25)13-14-22(26)24-20-15-19(23)12-7-16(20)2;/h7-12,15H,3-6,13-14,23H2,1-2H3,(H,24,26);1H. The van der Waals surface area contributed by atoms with Crippen LogP contribution in [0.4, 0.5) is 11.4 Å². The Kier molecular flexibility index (Phi) is 9.59. The highest BCUT2D eigenvalue weighted by Crippen LogP contribution is 2.18. The van der Waals surface area contributed by atoms with Gasteiger partial charge < -0.3 is 11.1 Å². The number of nitrogens with two attached hydrogens (primary N) is 1. The van der Waals surface area contributed by atoms with Gasteiger partial charge in [0, 0.05) is 29.8 Å². The van der Waals surface area contributed by atoms with E-state index in [4.69, 9.17) is 5.73 Å². The number of aryl methyl sites for hydroxylation is 2. The third-order valence-corrected chi connectivity index (χ3v) is 4.46. The number of nitrogen functional groups attached to an aromatic ring is 1. The number of ketones is 1. The van der Waals surface area contributed by atoms with Crippen molar-refractivity contribution in [1.29, 1.82) is 0 Å². The Balaban J connectivity index is 0.00000364. The topological polar surface area (TPSA) is 72.2 Å². The zero-order valence-electron chi connectivity index (χ0n) is 16.1. The van der Waals surface area contributed by atoms with Gasteiger partial charge in [-0.05, 0) is 43.0 Å². The maximum Gasteiger partial charge on any atom is 0.224 e. The number of amides is 1. The molecule has 2 aromatic carbocycles. The quantitative estimate of drug-likeness (QED) is 0.346. The van der Waals surface area contributed by atoms with Gasteiger partial charge in [-0.25, -0.2) is 0 Å². The smallest absolute Gasteiger partial charge is 0.224 e. The van der Waals surface area contributed by atoms with E-state index in [1.54, 1.807) is 12.1 Å². The highest BCUT2D eigenvalue weighted by Gasteiger charge is 2.11. The number of nitrogens with one attached hydrogen (secondary N) is 1. The van der Waals surface area contributed by atoms with Gasteiger partial charge >= 0.3 is 0 Å². The first kappa shape index (κ1) is 22.7. The molecule has 2 aromatic rings. The van der Waals surface area contributed by atoms with Crippen molar-refractivity contribution in [2.75, 3.05) is 11.1 Å². The molecular weight excluding hydrogens is 360 g/mol. The number of unbranched alkanes of at least 4 members (excludes halogenated alkanes) is 2. The monoisotopic (exact) mass is 388 g/mol. The van der Waals surface area contributed by atoms with E-state index in [-0.39, 0.29) is 36.9 Å². The molecule has 3 N–H and O–H groups in total. The molecule has 0 aliphatic heterocycles. The molecule has 0 unspecified atom stereocenters. The molecule has 0 heterocycles. The molecule has 0 aliphatic carbocycles. The molecule has 0 saturated carbocycles. The van der Waals surface area contributed by atoms with E-state index < -0.39 is 0 Å². The van der Waals surface area contributed by atoms with Crippen LogP contribution in [0.2, 0.25) is 0 Å². The number of Topliss-reactive ketones (excluding diaryl/α,β-unsaturated/α-hetero) is 1. The van der Waals surface area contributed by atoms with Crippen molar-refractivity contribution in [2.24, 2.45) is 0 Å². The van der Waals surface area contributed by atoms with Gasteiger partial charge in [-0.15, -0.1) is 12.4 Å². The van der Waals surface area contributed by atoms with Crippen molar-refractivity contribution >= 4 is 35.5 Å². The minimum Gasteiger partial charge on any atom is -0.399 e. The summed E-state index contributed by atoms with van der Waals surface area (Å²) < 4.78 is 0. The zero-order valence-corrected chi connectivity index (χ0v) is 16.9. The van der Waals surface area contributed by atoms with Crippen molar-refractivity contribution in [1.82, 2.24) is 0 Å². The molecule has 2 rings (SSSR count). The van der Waals surface area contributed by atoms with E-state index in [1.165, 1.54) is 24.8 Å². The van der Waals surface area contributed by atoms with Crippen LogP contribution in [0.3, 0.4) is 0 Å². The maximum absolute atomic E-state index is 12.3. The fourth-order valence-corrected chi connectivity index (χ4v) is 2.79. The molecule has 0 saturated heterocycles. The summed E-state index contributed by atoms with van der Waals surface area (Å²) >= 11 is 0. The van der Waals surface area contributed by atoms with Crippen LogP contribution in [0.25, 0.3) is 0 Å². The summed E-state index contributed by atoms with van der Waals surface area (Å²) in [4.78, 5) is 24.4. The van der Waals surface area contributed by atoms with Crippen LogP contribution in [-0.4, -0.2) is 11.7 Å². The minimum atomic E-state index is -0.178.